The molecule has 3 nitrogen and oxygen atoms in total. The van der Waals surface area contributed by atoms with E-state index in [2.05, 4.69) is 204 Å². The second-order valence-corrected chi connectivity index (χ2v) is 16.4. The Bertz CT molecular complexity index is 3740. The van der Waals surface area contributed by atoms with Crippen molar-refractivity contribution in [2.24, 2.45) is 0 Å². The Morgan fingerprint density at radius 1 is 0.383 bits per heavy atom. The highest BCUT2D eigenvalue weighted by molar-refractivity contribution is 6.13. The van der Waals surface area contributed by atoms with E-state index in [-0.39, 0.29) is 0 Å². The molecule has 0 spiro atoms. The van der Waals surface area contributed by atoms with Gasteiger partial charge in [0.2, 0.25) is 0 Å². The molecule has 282 valence electrons. The number of nitrogens with zero attached hydrogens (tertiary/aromatic N) is 2. The molecule has 0 saturated heterocycles. The Labute approximate surface area is 347 Å². The summed E-state index contributed by atoms with van der Waals surface area (Å²) in [6.07, 6.45) is 2.01. The molecule has 0 fully saturated rings. The zero-order valence-electron chi connectivity index (χ0n) is 33.1. The van der Waals surface area contributed by atoms with E-state index < -0.39 is 0 Å². The second kappa shape index (κ2) is 12.7. The first-order chi connectivity index (χ1) is 29.7. The predicted molar refractivity (Wildman–Crippen MR) is 251 cm³/mol. The van der Waals surface area contributed by atoms with E-state index in [1.54, 1.807) is 0 Å². The van der Waals surface area contributed by atoms with Gasteiger partial charge in [0.1, 0.15) is 11.2 Å². The Morgan fingerprint density at radius 3 is 1.58 bits per heavy atom. The fourth-order valence-electron chi connectivity index (χ4n) is 10.2. The van der Waals surface area contributed by atoms with Crippen LogP contribution in [-0.2, 0) is 12.8 Å². The lowest BCUT2D eigenvalue weighted by molar-refractivity contribution is 0.669. The van der Waals surface area contributed by atoms with Crippen LogP contribution in [0.2, 0.25) is 0 Å². The average Bonchev–Trinajstić information content (AvgIpc) is 4.05. The van der Waals surface area contributed by atoms with Crippen molar-refractivity contribution in [3.63, 3.8) is 0 Å². The number of aryl methyl sites for hydroxylation is 1. The lowest BCUT2D eigenvalue weighted by Crippen LogP contribution is -1.98. The molecule has 1 aliphatic rings. The molecule has 0 N–H and O–H groups in total. The molecule has 1 aliphatic carbocycles. The van der Waals surface area contributed by atoms with Crippen molar-refractivity contribution in [3.05, 3.63) is 205 Å². The second-order valence-electron chi connectivity index (χ2n) is 16.4. The van der Waals surface area contributed by atoms with Gasteiger partial charge in [-0.15, -0.1) is 0 Å². The van der Waals surface area contributed by atoms with Gasteiger partial charge in [0.15, 0.2) is 0 Å². The normalized spacial score (nSPS) is 12.4. The summed E-state index contributed by atoms with van der Waals surface area (Å²) in [4.78, 5) is 0. The van der Waals surface area contributed by atoms with Gasteiger partial charge in [0.25, 0.3) is 0 Å². The van der Waals surface area contributed by atoms with Gasteiger partial charge < -0.3 is 13.6 Å². The van der Waals surface area contributed by atoms with Crippen molar-refractivity contribution >= 4 is 65.6 Å². The fraction of sp³-hybridized carbons (Fsp3) is 0.0526. The van der Waals surface area contributed by atoms with Crippen molar-refractivity contribution in [1.82, 2.24) is 9.13 Å². The molecule has 9 aromatic carbocycles. The highest BCUT2D eigenvalue weighted by atomic mass is 16.3. The maximum absolute atomic E-state index is 6.25. The summed E-state index contributed by atoms with van der Waals surface area (Å²) in [6, 6.07) is 69.6. The monoisotopic (exact) mass is 766 g/mol. The van der Waals surface area contributed by atoms with Gasteiger partial charge in [-0.05, 0) is 148 Å². The molecule has 60 heavy (non-hydrogen) atoms. The molecule has 12 aromatic rings. The number of para-hydroxylation sites is 2. The van der Waals surface area contributed by atoms with Gasteiger partial charge in [-0.2, -0.15) is 0 Å². The molecule has 13 rings (SSSR count). The molecular formula is C57H38N2O. The Hall–Kier alpha value is -7.62. The summed E-state index contributed by atoms with van der Waals surface area (Å²) < 4.78 is 11.1. The zero-order valence-corrected chi connectivity index (χ0v) is 33.1. The molecular weight excluding hydrogens is 729 g/mol. The third-order valence-electron chi connectivity index (χ3n) is 13.1. The van der Waals surface area contributed by atoms with Gasteiger partial charge in [-0.3, -0.25) is 0 Å². The maximum Gasteiger partial charge on any atom is 0.135 e. The van der Waals surface area contributed by atoms with Crippen molar-refractivity contribution in [2.45, 2.75) is 19.8 Å². The summed E-state index contributed by atoms with van der Waals surface area (Å²) in [5, 5.41) is 7.32. The van der Waals surface area contributed by atoms with Gasteiger partial charge in [-0.1, -0.05) is 110 Å². The largest absolute Gasteiger partial charge is 0.456 e. The van der Waals surface area contributed by atoms with Crippen LogP contribution in [0.25, 0.3) is 110 Å². The number of fused-ring (bicyclic) bond motifs is 12. The van der Waals surface area contributed by atoms with E-state index in [1.807, 2.05) is 0 Å². The van der Waals surface area contributed by atoms with Crippen LogP contribution in [0, 0.1) is 0 Å². The van der Waals surface area contributed by atoms with Crippen LogP contribution in [0.4, 0.5) is 0 Å². The van der Waals surface area contributed by atoms with Crippen LogP contribution < -0.4 is 0 Å². The number of furan rings is 1. The minimum absolute atomic E-state index is 0.925. The molecule has 0 unspecified atom stereocenters. The summed E-state index contributed by atoms with van der Waals surface area (Å²) in [6.45, 7) is 2.20. The Balaban J connectivity index is 0.933. The first-order valence-corrected chi connectivity index (χ1v) is 21.0. The predicted octanol–water partition coefficient (Wildman–Crippen LogP) is 15.2. The minimum atomic E-state index is 0.925. The van der Waals surface area contributed by atoms with E-state index in [4.69, 9.17) is 4.42 Å². The summed E-state index contributed by atoms with van der Waals surface area (Å²) in [7, 11) is 0. The first-order valence-electron chi connectivity index (χ1n) is 21.0. The van der Waals surface area contributed by atoms with Crippen LogP contribution in [0.15, 0.2) is 192 Å². The standard InChI is InChI=1S/C57H38N2O/c1-2-35-18-26-56-50(28-35)51-33-39(23-27-57(51)60-56)38-22-25-55-49(32-38)46-15-6-8-17-53(46)59(55)43-12-9-11-42(34-43)58-52-16-7-5-14-45(52)48-31-37(21-24-54(48)58)36-19-20-41-29-40-10-3-4-13-44(40)47(41)30-36/h3-28,30-34H,2,29H2,1H3. The number of hydrogen-bond donors (Lipinski definition) is 0. The molecule has 3 heterocycles. The molecule has 3 aromatic heterocycles. The first kappa shape index (κ1) is 33.4. The number of hydrogen-bond acceptors (Lipinski definition) is 1. The molecule has 0 radical (unpaired) electrons. The van der Waals surface area contributed by atoms with Crippen LogP contribution in [-0.4, -0.2) is 9.13 Å². The number of benzene rings is 9. The maximum atomic E-state index is 6.25. The lowest BCUT2D eigenvalue weighted by Gasteiger charge is -2.13. The third kappa shape index (κ3) is 4.90. The number of rotatable bonds is 5. The third-order valence-corrected chi connectivity index (χ3v) is 13.1. The van der Waals surface area contributed by atoms with Gasteiger partial charge in [0.05, 0.1) is 22.1 Å². The van der Waals surface area contributed by atoms with Gasteiger partial charge in [0, 0.05) is 43.7 Å². The minimum Gasteiger partial charge on any atom is -0.456 e. The van der Waals surface area contributed by atoms with Crippen molar-refractivity contribution in [2.75, 3.05) is 0 Å². The van der Waals surface area contributed by atoms with E-state index in [0.717, 1.165) is 40.8 Å². The van der Waals surface area contributed by atoms with E-state index >= 15 is 0 Å². The molecule has 0 saturated carbocycles. The molecule has 3 heteroatoms. The zero-order chi connectivity index (χ0) is 39.5. The van der Waals surface area contributed by atoms with Crippen molar-refractivity contribution in [3.8, 4) is 44.8 Å². The highest BCUT2D eigenvalue weighted by Crippen LogP contribution is 2.42. The Morgan fingerprint density at radius 2 is 0.900 bits per heavy atom. The smallest absolute Gasteiger partial charge is 0.135 e. The molecule has 0 bridgehead atoms. The van der Waals surface area contributed by atoms with Crippen molar-refractivity contribution < 1.29 is 4.42 Å². The van der Waals surface area contributed by atoms with Crippen LogP contribution >= 0.6 is 0 Å². The lowest BCUT2D eigenvalue weighted by atomic mass is 9.97. The molecule has 0 amide bonds. The van der Waals surface area contributed by atoms with Crippen molar-refractivity contribution in [1.29, 1.82) is 0 Å². The molecule has 0 aliphatic heterocycles. The SMILES string of the molecule is CCc1ccc2oc3ccc(-c4ccc5c(c4)c4ccccc4n5-c4cccc(-n5c6ccccc6c6cc(-c7ccc8c(c7)-c7ccccc7C8)ccc65)c4)cc3c2c1. The van der Waals surface area contributed by atoms with Gasteiger partial charge in [-0.25, -0.2) is 0 Å². The quantitative estimate of drug-likeness (QED) is 0.171. The van der Waals surface area contributed by atoms with Crippen LogP contribution in [0.5, 0.6) is 0 Å². The van der Waals surface area contributed by atoms with Crippen LogP contribution in [0.3, 0.4) is 0 Å². The highest BCUT2D eigenvalue weighted by Gasteiger charge is 2.20. The average molecular weight is 767 g/mol. The van der Waals surface area contributed by atoms with E-state index in [0.29, 0.717) is 0 Å². The summed E-state index contributed by atoms with van der Waals surface area (Å²) in [5.41, 5.74) is 20.6. The summed E-state index contributed by atoms with van der Waals surface area (Å²) in [5.74, 6) is 0. The van der Waals surface area contributed by atoms with Crippen LogP contribution in [0.1, 0.15) is 23.6 Å². The van der Waals surface area contributed by atoms with Gasteiger partial charge >= 0.3 is 0 Å². The Kier molecular flexibility index (Phi) is 7.06. The fourth-order valence-corrected chi connectivity index (χ4v) is 10.2. The molecule has 0 atom stereocenters. The summed E-state index contributed by atoms with van der Waals surface area (Å²) >= 11 is 0. The van der Waals surface area contributed by atoms with E-state index in [9.17, 15) is 0 Å². The number of aromatic nitrogens is 2. The topological polar surface area (TPSA) is 23.0 Å². The van der Waals surface area contributed by atoms with E-state index in [1.165, 1.54) is 99.1 Å².